The maximum atomic E-state index is 11.8. The highest BCUT2D eigenvalue weighted by atomic mass is 16.5. The largest absolute Gasteiger partial charge is 0.496 e. The number of benzene rings is 2. The van der Waals surface area contributed by atoms with Crippen LogP contribution in [0.1, 0.15) is 36.8 Å². The molecule has 8 heteroatoms. The van der Waals surface area contributed by atoms with Crippen molar-refractivity contribution in [3.8, 4) is 11.5 Å². The number of ether oxygens (including phenoxy) is 2. The minimum atomic E-state index is -0.212. The van der Waals surface area contributed by atoms with E-state index in [0.717, 1.165) is 11.1 Å². The number of nitrogens with one attached hydrogen (secondary N) is 2. The van der Waals surface area contributed by atoms with Gasteiger partial charge >= 0.3 is 0 Å². The first-order valence-corrected chi connectivity index (χ1v) is 9.54. The van der Waals surface area contributed by atoms with E-state index in [4.69, 9.17) is 9.47 Å². The van der Waals surface area contributed by atoms with Crippen LogP contribution in [0.3, 0.4) is 0 Å². The average molecular weight is 410 g/mol. The van der Waals surface area contributed by atoms with Gasteiger partial charge in [0, 0.05) is 24.0 Å². The maximum Gasteiger partial charge on any atom is 0.240 e. The number of amides is 2. The summed E-state index contributed by atoms with van der Waals surface area (Å²) in [7, 11) is 3.15. The van der Waals surface area contributed by atoms with Gasteiger partial charge in [-0.1, -0.05) is 24.3 Å². The highest BCUT2D eigenvalue weighted by Gasteiger charge is 2.04. The molecule has 2 aromatic rings. The van der Waals surface area contributed by atoms with Crippen LogP contribution in [-0.4, -0.2) is 38.5 Å². The Labute approximate surface area is 176 Å². The molecule has 0 saturated heterocycles. The first-order valence-electron chi connectivity index (χ1n) is 9.54. The summed E-state index contributed by atoms with van der Waals surface area (Å²) in [6.07, 6.45) is 4.76. The Morgan fingerprint density at radius 2 is 1.17 bits per heavy atom. The molecule has 0 aliphatic heterocycles. The smallest absolute Gasteiger partial charge is 0.240 e. The third kappa shape index (κ3) is 7.75. The minimum Gasteiger partial charge on any atom is -0.496 e. The van der Waals surface area contributed by atoms with Crippen LogP contribution < -0.4 is 20.3 Å². The summed E-state index contributed by atoms with van der Waals surface area (Å²) in [6.45, 7) is 0. The fraction of sp³-hybridized carbons (Fsp3) is 0.273. The fourth-order valence-electron chi connectivity index (χ4n) is 2.58. The van der Waals surface area contributed by atoms with Crippen molar-refractivity contribution in [2.24, 2.45) is 10.2 Å². The Morgan fingerprint density at radius 1 is 0.767 bits per heavy atom. The number of carbonyl (C=O) groups is 2. The molecule has 0 aliphatic carbocycles. The predicted molar refractivity (Wildman–Crippen MR) is 116 cm³/mol. The molecule has 158 valence electrons. The molecular weight excluding hydrogens is 384 g/mol. The van der Waals surface area contributed by atoms with Crippen LogP contribution in [0, 0.1) is 0 Å². The quantitative estimate of drug-likeness (QED) is 0.338. The summed E-state index contributed by atoms with van der Waals surface area (Å²) in [6, 6.07) is 14.7. The van der Waals surface area contributed by atoms with Crippen LogP contribution in [0.4, 0.5) is 0 Å². The molecule has 0 unspecified atom stereocenters. The highest BCUT2D eigenvalue weighted by Crippen LogP contribution is 2.15. The zero-order chi connectivity index (χ0) is 21.6. The van der Waals surface area contributed by atoms with E-state index >= 15 is 0 Å². The number of hydrazone groups is 2. The molecule has 0 aliphatic rings. The van der Waals surface area contributed by atoms with Gasteiger partial charge in [-0.2, -0.15) is 10.2 Å². The molecule has 0 radical (unpaired) electrons. The molecule has 2 rings (SSSR count). The highest BCUT2D eigenvalue weighted by molar-refractivity contribution is 5.86. The van der Waals surface area contributed by atoms with Crippen molar-refractivity contribution in [2.45, 2.75) is 25.7 Å². The standard InChI is InChI=1S/C22H26N4O4/c1-29-19-11-5-3-9-17(19)15-23-25-21(27)13-7-8-14-22(28)26-24-16-18-10-4-6-12-20(18)30-2/h3-6,9-12,15-16H,7-8,13-14H2,1-2H3,(H,25,27)(H,26,28)/b23-15-,24-16-. The molecule has 0 atom stereocenters. The van der Waals surface area contributed by atoms with Crippen LogP contribution in [0.5, 0.6) is 11.5 Å². The van der Waals surface area contributed by atoms with Crippen LogP contribution >= 0.6 is 0 Å². The molecule has 0 spiro atoms. The first-order chi connectivity index (χ1) is 14.6. The first kappa shape index (κ1) is 22.6. The SMILES string of the molecule is COc1ccccc1/C=N\NC(=O)CCCCC(=O)N/N=C\c1ccccc1OC. The number of carbonyl (C=O) groups excluding carboxylic acids is 2. The van der Waals surface area contributed by atoms with Crippen molar-refractivity contribution in [1.82, 2.24) is 10.9 Å². The normalized spacial score (nSPS) is 10.9. The number of hydrogen-bond donors (Lipinski definition) is 2. The minimum absolute atomic E-state index is 0.212. The van der Waals surface area contributed by atoms with Gasteiger partial charge in [0.25, 0.3) is 0 Å². The molecule has 2 amide bonds. The van der Waals surface area contributed by atoms with Gasteiger partial charge in [-0.05, 0) is 37.1 Å². The molecule has 0 aromatic heterocycles. The van der Waals surface area contributed by atoms with Crippen molar-refractivity contribution in [1.29, 1.82) is 0 Å². The summed E-state index contributed by atoms with van der Waals surface area (Å²) in [5.74, 6) is 0.927. The van der Waals surface area contributed by atoms with Crippen LogP contribution in [0.25, 0.3) is 0 Å². The number of hydrogen-bond acceptors (Lipinski definition) is 6. The van der Waals surface area contributed by atoms with Crippen molar-refractivity contribution >= 4 is 24.2 Å². The van der Waals surface area contributed by atoms with E-state index < -0.39 is 0 Å². The van der Waals surface area contributed by atoms with E-state index in [1.165, 1.54) is 12.4 Å². The van der Waals surface area contributed by atoms with E-state index in [1.807, 2.05) is 48.5 Å². The number of para-hydroxylation sites is 2. The Hall–Kier alpha value is -3.68. The fourth-order valence-corrected chi connectivity index (χ4v) is 2.58. The van der Waals surface area contributed by atoms with E-state index in [9.17, 15) is 9.59 Å². The van der Waals surface area contributed by atoms with E-state index in [1.54, 1.807) is 14.2 Å². The summed E-state index contributed by atoms with van der Waals surface area (Å²) in [5.41, 5.74) is 6.48. The molecule has 8 nitrogen and oxygen atoms in total. The zero-order valence-corrected chi connectivity index (χ0v) is 17.1. The lowest BCUT2D eigenvalue weighted by Gasteiger charge is -2.04. The summed E-state index contributed by atoms with van der Waals surface area (Å²) < 4.78 is 10.4. The second-order valence-electron chi connectivity index (χ2n) is 6.28. The van der Waals surface area contributed by atoms with E-state index in [0.29, 0.717) is 24.3 Å². The molecule has 0 bridgehead atoms. The van der Waals surface area contributed by atoms with Gasteiger partial charge in [0.2, 0.25) is 11.8 Å². The number of methoxy groups -OCH3 is 2. The Balaban J connectivity index is 1.63. The van der Waals surface area contributed by atoms with Crippen LogP contribution in [-0.2, 0) is 9.59 Å². The van der Waals surface area contributed by atoms with Crippen LogP contribution in [0.15, 0.2) is 58.7 Å². The van der Waals surface area contributed by atoms with Gasteiger partial charge in [-0.25, -0.2) is 10.9 Å². The molecule has 2 aromatic carbocycles. The lowest BCUT2D eigenvalue weighted by Crippen LogP contribution is -2.19. The average Bonchev–Trinajstić information content (AvgIpc) is 2.77. The van der Waals surface area contributed by atoms with Gasteiger partial charge in [0.15, 0.2) is 0 Å². The predicted octanol–water partition coefficient (Wildman–Crippen LogP) is 2.86. The van der Waals surface area contributed by atoms with Crippen molar-refractivity contribution in [3.05, 3.63) is 59.7 Å². The van der Waals surface area contributed by atoms with Gasteiger partial charge < -0.3 is 9.47 Å². The molecule has 30 heavy (non-hydrogen) atoms. The molecule has 0 saturated carbocycles. The lowest BCUT2D eigenvalue weighted by molar-refractivity contribution is -0.123. The lowest BCUT2D eigenvalue weighted by atomic mass is 10.2. The van der Waals surface area contributed by atoms with E-state index in [-0.39, 0.29) is 24.7 Å². The van der Waals surface area contributed by atoms with Gasteiger partial charge in [0.1, 0.15) is 11.5 Å². The van der Waals surface area contributed by atoms with Crippen molar-refractivity contribution in [3.63, 3.8) is 0 Å². The van der Waals surface area contributed by atoms with Gasteiger partial charge in [-0.15, -0.1) is 0 Å². The topological polar surface area (TPSA) is 101 Å². The van der Waals surface area contributed by atoms with Crippen LogP contribution in [0.2, 0.25) is 0 Å². The van der Waals surface area contributed by atoms with Crippen molar-refractivity contribution in [2.75, 3.05) is 14.2 Å². The second-order valence-corrected chi connectivity index (χ2v) is 6.28. The molecule has 2 N–H and O–H groups in total. The maximum absolute atomic E-state index is 11.8. The number of unbranched alkanes of at least 4 members (excludes halogenated alkanes) is 1. The zero-order valence-electron chi connectivity index (χ0n) is 17.1. The molecule has 0 fully saturated rings. The third-order valence-electron chi connectivity index (χ3n) is 4.12. The summed E-state index contributed by atoms with van der Waals surface area (Å²) >= 11 is 0. The number of nitrogens with zero attached hydrogens (tertiary/aromatic N) is 2. The Kier molecular flexibility index (Phi) is 9.58. The van der Waals surface area contributed by atoms with Gasteiger partial charge in [0.05, 0.1) is 26.6 Å². The number of rotatable bonds is 11. The van der Waals surface area contributed by atoms with Crippen molar-refractivity contribution < 1.29 is 19.1 Å². The van der Waals surface area contributed by atoms with Gasteiger partial charge in [-0.3, -0.25) is 9.59 Å². The summed E-state index contributed by atoms with van der Waals surface area (Å²) in [4.78, 5) is 23.7. The molecule has 0 heterocycles. The second kappa shape index (κ2) is 12.7. The van der Waals surface area contributed by atoms with E-state index in [2.05, 4.69) is 21.1 Å². The Bertz CT molecular complexity index is 823. The summed E-state index contributed by atoms with van der Waals surface area (Å²) in [5, 5.41) is 7.87. The monoisotopic (exact) mass is 410 g/mol. The molecular formula is C22H26N4O4. The Morgan fingerprint density at radius 3 is 1.57 bits per heavy atom. The third-order valence-corrected chi connectivity index (χ3v) is 4.12.